The van der Waals surface area contributed by atoms with E-state index in [1.807, 2.05) is 0 Å². The standard InChI is InChI=1S/C13H7ClF4O/c14-8-2-1-6(3-9(8)16)13(19)12-10(17)4-7(15)5-11(12)18/h1-5,13,19H. The third kappa shape index (κ3) is 2.72. The summed E-state index contributed by atoms with van der Waals surface area (Å²) in [6.07, 6.45) is -1.76. The van der Waals surface area contributed by atoms with Crippen LogP contribution in [0.2, 0.25) is 5.02 Å². The highest BCUT2D eigenvalue weighted by atomic mass is 35.5. The van der Waals surface area contributed by atoms with Crippen LogP contribution < -0.4 is 0 Å². The highest BCUT2D eigenvalue weighted by Crippen LogP contribution is 2.29. The first-order chi connectivity index (χ1) is 8.90. The molecule has 0 saturated heterocycles. The van der Waals surface area contributed by atoms with Gasteiger partial charge in [-0.2, -0.15) is 0 Å². The van der Waals surface area contributed by atoms with E-state index in [9.17, 15) is 22.7 Å². The maximum Gasteiger partial charge on any atom is 0.142 e. The molecule has 0 heterocycles. The molecule has 19 heavy (non-hydrogen) atoms. The van der Waals surface area contributed by atoms with Crippen molar-refractivity contribution in [3.05, 3.63) is 69.8 Å². The number of aliphatic hydroxyl groups is 1. The van der Waals surface area contributed by atoms with Crippen LogP contribution in [-0.4, -0.2) is 5.11 Å². The topological polar surface area (TPSA) is 20.2 Å². The lowest BCUT2D eigenvalue weighted by atomic mass is 10.0. The number of benzene rings is 2. The van der Waals surface area contributed by atoms with Gasteiger partial charge in [0, 0.05) is 12.1 Å². The number of aliphatic hydroxyl groups excluding tert-OH is 1. The molecule has 0 spiro atoms. The van der Waals surface area contributed by atoms with E-state index in [0.29, 0.717) is 12.1 Å². The Bertz CT molecular complexity index is 607. The van der Waals surface area contributed by atoms with Crippen molar-refractivity contribution in [3.8, 4) is 0 Å². The predicted octanol–water partition coefficient (Wildman–Crippen LogP) is 3.98. The van der Waals surface area contributed by atoms with Crippen molar-refractivity contribution < 1.29 is 22.7 Å². The van der Waals surface area contributed by atoms with Gasteiger partial charge in [-0.05, 0) is 17.7 Å². The fraction of sp³-hybridized carbons (Fsp3) is 0.0769. The van der Waals surface area contributed by atoms with E-state index in [1.165, 1.54) is 6.07 Å². The van der Waals surface area contributed by atoms with Crippen molar-refractivity contribution >= 4 is 11.6 Å². The fourth-order valence-electron chi connectivity index (χ4n) is 1.66. The molecule has 1 unspecified atom stereocenters. The Hall–Kier alpha value is -1.59. The van der Waals surface area contributed by atoms with Gasteiger partial charge < -0.3 is 5.11 Å². The van der Waals surface area contributed by atoms with E-state index >= 15 is 0 Å². The smallest absolute Gasteiger partial charge is 0.142 e. The van der Waals surface area contributed by atoms with Crippen molar-refractivity contribution in [3.63, 3.8) is 0 Å². The molecule has 1 N–H and O–H groups in total. The average molecular weight is 291 g/mol. The Morgan fingerprint density at radius 2 is 1.47 bits per heavy atom. The van der Waals surface area contributed by atoms with Gasteiger partial charge in [0.25, 0.3) is 0 Å². The Morgan fingerprint density at radius 3 is 2.00 bits per heavy atom. The molecular formula is C13H7ClF4O. The van der Waals surface area contributed by atoms with E-state index in [-0.39, 0.29) is 10.6 Å². The van der Waals surface area contributed by atoms with Gasteiger partial charge in [0.15, 0.2) is 0 Å². The summed E-state index contributed by atoms with van der Waals surface area (Å²) in [7, 11) is 0. The lowest BCUT2D eigenvalue weighted by molar-refractivity contribution is 0.208. The van der Waals surface area contributed by atoms with Crippen molar-refractivity contribution in [1.82, 2.24) is 0 Å². The minimum atomic E-state index is -1.76. The molecule has 1 atom stereocenters. The Kier molecular flexibility index (Phi) is 3.78. The van der Waals surface area contributed by atoms with E-state index in [4.69, 9.17) is 11.6 Å². The maximum absolute atomic E-state index is 13.5. The van der Waals surface area contributed by atoms with Crippen LogP contribution in [0.3, 0.4) is 0 Å². The van der Waals surface area contributed by atoms with Crippen LogP contribution in [-0.2, 0) is 0 Å². The molecule has 0 fully saturated rings. The van der Waals surface area contributed by atoms with Gasteiger partial charge in [-0.25, -0.2) is 17.6 Å². The van der Waals surface area contributed by atoms with Gasteiger partial charge in [0.05, 0.1) is 10.6 Å². The van der Waals surface area contributed by atoms with Crippen LogP contribution in [0.25, 0.3) is 0 Å². The van der Waals surface area contributed by atoms with Gasteiger partial charge in [-0.1, -0.05) is 17.7 Å². The van der Waals surface area contributed by atoms with E-state index in [1.54, 1.807) is 0 Å². The van der Waals surface area contributed by atoms with Gasteiger partial charge in [0.2, 0.25) is 0 Å². The Morgan fingerprint density at radius 1 is 0.895 bits per heavy atom. The zero-order valence-electron chi connectivity index (χ0n) is 9.30. The maximum atomic E-state index is 13.5. The second kappa shape index (κ2) is 5.19. The SMILES string of the molecule is OC(c1ccc(Cl)c(F)c1)c1c(F)cc(F)cc1F. The van der Waals surface area contributed by atoms with Gasteiger partial charge >= 0.3 is 0 Å². The minimum Gasteiger partial charge on any atom is -0.383 e. The first-order valence-electron chi connectivity index (χ1n) is 5.17. The number of halogens is 5. The van der Waals surface area contributed by atoms with Crippen molar-refractivity contribution in [2.75, 3.05) is 0 Å². The molecule has 2 aromatic rings. The molecule has 0 aliphatic rings. The second-order valence-electron chi connectivity index (χ2n) is 3.86. The lowest BCUT2D eigenvalue weighted by Crippen LogP contribution is -2.07. The van der Waals surface area contributed by atoms with Crippen LogP contribution >= 0.6 is 11.6 Å². The highest BCUT2D eigenvalue weighted by molar-refractivity contribution is 6.30. The second-order valence-corrected chi connectivity index (χ2v) is 4.27. The summed E-state index contributed by atoms with van der Waals surface area (Å²) < 4.78 is 52.9. The summed E-state index contributed by atoms with van der Waals surface area (Å²) in [6, 6.07) is 4.10. The predicted molar refractivity (Wildman–Crippen MR) is 61.8 cm³/mol. The molecule has 1 nitrogen and oxygen atoms in total. The van der Waals surface area contributed by atoms with E-state index in [2.05, 4.69) is 0 Å². The Labute approximate surface area is 111 Å². The number of hydrogen-bond acceptors (Lipinski definition) is 1. The van der Waals surface area contributed by atoms with Gasteiger partial charge in [0.1, 0.15) is 29.4 Å². The first kappa shape index (κ1) is 13.8. The Balaban J connectivity index is 2.49. The molecule has 0 saturated carbocycles. The number of rotatable bonds is 2. The van der Waals surface area contributed by atoms with E-state index in [0.717, 1.165) is 12.1 Å². The average Bonchev–Trinajstić information content (AvgIpc) is 2.31. The molecule has 2 rings (SSSR count). The van der Waals surface area contributed by atoms with Crippen LogP contribution in [0.4, 0.5) is 17.6 Å². The number of hydrogen-bond donors (Lipinski definition) is 1. The van der Waals surface area contributed by atoms with Crippen molar-refractivity contribution in [1.29, 1.82) is 0 Å². The van der Waals surface area contributed by atoms with Crippen molar-refractivity contribution in [2.45, 2.75) is 6.10 Å². The van der Waals surface area contributed by atoms with Crippen LogP contribution in [0.5, 0.6) is 0 Å². The van der Waals surface area contributed by atoms with Crippen molar-refractivity contribution in [2.24, 2.45) is 0 Å². The molecule has 0 radical (unpaired) electrons. The molecule has 0 aliphatic carbocycles. The summed E-state index contributed by atoms with van der Waals surface area (Å²) in [4.78, 5) is 0. The summed E-state index contributed by atoms with van der Waals surface area (Å²) in [5, 5.41) is 9.66. The lowest BCUT2D eigenvalue weighted by Gasteiger charge is -2.14. The zero-order valence-corrected chi connectivity index (χ0v) is 10.1. The first-order valence-corrected chi connectivity index (χ1v) is 5.55. The minimum absolute atomic E-state index is 0.0914. The van der Waals surface area contributed by atoms with Crippen LogP contribution in [0, 0.1) is 23.3 Å². The summed E-state index contributed by atoms with van der Waals surface area (Å²) in [5.41, 5.74) is -0.838. The molecule has 0 amide bonds. The summed E-state index contributed by atoms with van der Waals surface area (Å²) >= 11 is 5.46. The molecule has 0 bridgehead atoms. The molecule has 100 valence electrons. The summed E-state index contributed by atoms with van der Waals surface area (Å²) in [6.45, 7) is 0. The van der Waals surface area contributed by atoms with Gasteiger partial charge in [-0.3, -0.25) is 0 Å². The normalized spacial score (nSPS) is 12.5. The molecular weight excluding hydrogens is 284 g/mol. The molecule has 2 aromatic carbocycles. The zero-order chi connectivity index (χ0) is 14.2. The largest absolute Gasteiger partial charge is 0.383 e. The quantitative estimate of drug-likeness (QED) is 0.830. The van der Waals surface area contributed by atoms with E-state index < -0.39 is 34.9 Å². The van der Waals surface area contributed by atoms with Gasteiger partial charge in [-0.15, -0.1) is 0 Å². The fourth-order valence-corrected chi connectivity index (χ4v) is 1.78. The molecule has 0 aromatic heterocycles. The van der Waals surface area contributed by atoms with Crippen LogP contribution in [0.15, 0.2) is 30.3 Å². The van der Waals surface area contributed by atoms with Crippen LogP contribution in [0.1, 0.15) is 17.2 Å². The monoisotopic (exact) mass is 290 g/mol. The summed E-state index contributed by atoms with van der Waals surface area (Å²) in [5.74, 6) is -4.44. The highest BCUT2D eigenvalue weighted by Gasteiger charge is 2.21. The third-order valence-electron chi connectivity index (χ3n) is 2.58. The molecule has 0 aliphatic heterocycles. The molecule has 6 heteroatoms. The third-order valence-corrected chi connectivity index (χ3v) is 2.88.